The van der Waals surface area contributed by atoms with Crippen molar-refractivity contribution in [3.05, 3.63) is 45.0 Å². The fraction of sp³-hybridized carbons (Fsp3) is 0.385. The summed E-state index contributed by atoms with van der Waals surface area (Å²) in [5.41, 5.74) is 9.91. The zero-order chi connectivity index (χ0) is 11.7. The van der Waals surface area contributed by atoms with Crippen molar-refractivity contribution in [2.24, 2.45) is 5.73 Å². The molecule has 0 aromatic carbocycles. The van der Waals surface area contributed by atoms with E-state index in [0.717, 1.165) is 17.9 Å². The van der Waals surface area contributed by atoms with Crippen LogP contribution in [0.2, 0.25) is 0 Å². The minimum Gasteiger partial charge on any atom is -0.466 e. The largest absolute Gasteiger partial charge is 0.466 e. The molecular weight excluding hydrogens is 218 g/mol. The fourth-order valence-electron chi connectivity index (χ4n) is 2.12. The van der Waals surface area contributed by atoms with Crippen molar-refractivity contribution in [3.63, 3.8) is 0 Å². The normalized spacial score (nSPS) is 13.0. The third kappa shape index (κ3) is 2.06. The van der Waals surface area contributed by atoms with Gasteiger partial charge in [-0.2, -0.15) is 11.3 Å². The molecule has 0 saturated heterocycles. The predicted molar refractivity (Wildman–Crippen MR) is 67.9 cm³/mol. The minimum absolute atomic E-state index is 0.0343. The Labute approximate surface area is 100 Å². The second kappa shape index (κ2) is 4.44. The van der Waals surface area contributed by atoms with Crippen molar-refractivity contribution in [3.8, 4) is 0 Å². The van der Waals surface area contributed by atoms with Crippen molar-refractivity contribution in [1.82, 2.24) is 0 Å². The molecule has 86 valence electrons. The van der Waals surface area contributed by atoms with Crippen molar-refractivity contribution in [1.29, 1.82) is 0 Å². The lowest BCUT2D eigenvalue weighted by Gasteiger charge is -2.11. The molecule has 1 atom stereocenters. The first kappa shape index (κ1) is 11.4. The van der Waals surface area contributed by atoms with Gasteiger partial charge in [-0.05, 0) is 55.1 Å². The fourth-order valence-corrected chi connectivity index (χ4v) is 2.80. The van der Waals surface area contributed by atoms with Crippen LogP contribution in [0.15, 0.2) is 21.2 Å². The molecule has 2 rings (SSSR count). The Morgan fingerprint density at radius 1 is 1.31 bits per heavy atom. The third-order valence-corrected chi connectivity index (χ3v) is 3.76. The highest BCUT2D eigenvalue weighted by Crippen LogP contribution is 2.28. The van der Waals surface area contributed by atoms with Crippen LogP contribution in [0.4, 0.5) is 0 Å². The standard InChI is InChI=1S/C13H17NOS/c1-8-9(2)15-10(3)13(8)12(14)6-11-4-5-16-7-11/h4-5,7,12H,6,14H2,1-3H3. The van der Waals surface area contributed by atoms with E-state index in [1.807, 2.05) is 13.8 Å². The van der Waals surface area contributed by atoms with E-state index in [4.69, 9.17) is 10.2 Å². The summed E-state index contributed by atoms with van der Waals surface area (Å²) in [5.74, 6) is 1.94. The summed E-state index contributed by atoms with van der Waals surface area (Å²) in [5, 5.41) is 4.24. The number of furan rings is 1. The second-order valence-corrected chi connectivity index (χ2v) is 4.98. The summed E-state index contributed by atoms with van der Waals surface area (Å²) in [7, 11) is 0. The van der Waals surface area contributed by atoms with E-state index in [1.54, 1.807) is 11.3 Å². The van der Waals surface area contributed by atoms with Gasteiger partial charge in [0, 0.05) is 11.6 Å². The summed E-state index contributed by atoms with van der Waals surface area (Å²) in [6, 6.07) is 2.16. The Hall–Kier alpha value is -1.06. The third-order valence-electron chi connectivity index (χ3n) is 3.02. The number of hydrogen-bond acceptors (Lipinski definition) is 3. The van der Waals surface area contributed by atoms with Gasteiger partial charge in [0.2, 0.25) is 0 Å². The van der Waals surface area contributed by atoms with Gasteiger partial charge in [0.05, 0.1) is 0 Å². The van der Waals surface area contributed by atoms with Crippen LogP contribution in [-0.2, 0) is 6.42 Å². The molecule has 0 spiro atoms. The van der Waals surface area contributed by atoms with E-state index in [1.165, 1.54) is 16.7 Å². The Balaban J connectivity index is 2.24. The van der Waals surface area contributed by atoms with Gasteiger partial charge in [0.25, 0.3) is 0 Å². The second-order valence-electron chi connectivity index (χ2n) is 4.20. The van der Waals surface area contributed by atoms with Gasteiger partial charge in [-0.25, -0.2) is 0 Å². The monoisotopic (exact) mass is 235 g/mol. The molecule has 3 heteroatoms. The molecule has 0 bridgehead atoms. The lowest BCUT2D eigenvalue weighted by molar-refractivity contribution is 0.496. The summed E-state index contributed by atoms with van der Waals surface area (Å²) < 4.78 is 5.61. The van der Waals surface area contributed by atoms with Gasteiger partial charge in [0.1, 0.15) is 11.5 Å². The number of hydrogen-bond donors (Lipinski definition) is 1. The molecule has 0 aliphatic carbocycles. The van der Waals surface area contributed by atoms with Crippen LogP contribution in [0.5, 0.6) is 0 Å². The maximum atomic E-state index is 6.25. The topological polar surface area (TPSA) is 39.2 Å². The van der Waals surface area contributed by atoms with Crippen LogP contribution in [-0.4, -0.2) is 0 Å². The van der Waals surface area contributed by atoms with E-state index in [9.17, 15) is 0 Å². The van der Waals surface area contributed by atoms with Crippen LogP contribution in [0.3, 0.4) is 0 Å². The predicted octanol–water partition coefficient (Wildman–Crippen LogP) is 3.51. The van der Waals surface area contributed by atoms with Crippen LogP contribution >= 0.6 is 11.3 Å². The first-order valence-electron chi connectivity index (χ1n) is 5.42. The molecule has 0 amide bonds. The van der Waals surface area contributed by atoms with Crippen LogP contribution in [0.1, 0.15) is 34.3 Å². The first-order valence-corrected chi connectivity index (χ1v) is 6.37. The average Bonchev–Trinajstić information content (AvgIpc) is 2.77. The molecule has 0 fully saturated rings. The molecule has 1 unspecified atom stereocenters. The number of rotatable bonds is 3. The first-order chi connectivity index (χ1) is 7.59. The molecule has 0 radical (unpaired) electrons. The van der Waals surface area contributed by atoms with Crippen LogP contribution in [0, 0.1) is 20.8 Å². The summed E-state index contributed by atoms with van der Waals surface area (Å²) in [6.45, 7) is 6.06. The Kier molecular flexibility index (Phi) is 3.17. The molecule has 2 aromatic rings. The molecule has 2 heterocycles. The van der Waals surface area contributed by atoms with Crippen molar-refractivity contribution >= 4 is 11.3 Å². The van der Waals surface area contributed by atoms with E-state index in [-0.39, 0.29) is 6.04 Å². The highest BCUT2D eigenvalue weighted by Gasteiger charge is 2.18. The number of thiophene rings is 1. The van der Waals surface area contributed by atoms with Crippen LogP contribution in [0.25, 0.3) is 0 Å². The van der Waals surface area contributed by atoms with E-state index in [2.05, 4.69) is 23.8 Å². The Bertz CT molecular complexity index is 470. The minimum atomic E-state index is 0.0343. The van der Waals surface area contributed by atoms with Crippen molar-refractivity contribution in [2.45, 2.75) is 33.2 Å². The Morgan fingerprint density at radius 3 is 2.56 bits per heavy atom. The maximum absolute atomic E-state index is 6.25. The summed E-state index contributed by atoms with van der Waals surface area (Å²) >= 11 is 1.71. The van der Waals surface area contributed by atoms with Crippen molar-refractivity contribution < 1.29 is 4.42 Å². The molecule has 0 aliphatic heterocycles. The lowest BCUT2D eigenvalue weighted by Crippen LogP contribution is -2.14. The highest BCUT2D eigenvalue weighted by atomic mass is 32.1. The van der Waals surface area contributed by atoms with Gasteiger partial charge in [-0.1, -0.05) is 0 Å². The number of aryl methyl sites for hydroxylation is 2. The van der Waals surface area contributed by atoms with Gasteiger partial charge in [-0.15, -0.1) is 0 Å². The number of nitrogens with two attached hydrogens (primary N) is 1. The van der Waals surface area contributed by atoms with Gasteiger partial charge >= 0.3 is 0 Å². The molecule has 16 heavy (non-hydrogen) atoms. The molecule has 0 saturated carbocycles. The summed E-state index contributed by atoms with van der Waals surface area (Å²) in [6.07, 6.45) is 0.879. The Morgan fingerprint density at radius 2 is 2.06 bits per heavy atom. The van der Waals surface area contributed by atoms with Gasteiger partial charge < -0.3 is 10.2 Å². The molecule has 2 N–H and O–H groups in total. The van der Waals surface area contributed by atoms with Crippen molar-refractivity contribution in [2.75, 3.05) is 0 Å². The van der Waals surface area contributed by atoms with E-state index in [0.29, 0.717) is 0 Å². The van der Waals surface area contributed by atoms with Gasteiger partial charge in [0.15, 0.2) is 0 Å². The van der Waals surface area contributed by atoms with Gasteiger partial charge in [-0.3, -0.25) is 0 Å². The maximum Gasteiger partial charge on any atom is 0.106 e. The van der Waals surface area contributed by atoms with E-state index < -0.39 is 0 Å². The molecule has 0 aliphatic rings. The highest BCUT2D eigenvalue weighted by molar-refractivity contribution is 7.07. The zero-order valence-corrected chi connectivity index (χ0v) is 10.7. The summed E-state index contributed by atoms with van der Waals surface area (Å²) in [4.78, 5) is 0. The zero-order valence-electron chi connectivity index (χ0n) is 9.91. The molecule has 2 aromatic heterocycles. The van der Waals surface area contributed by atoms with Crippen LogP contribution < -0.4 is 5.73 Å². The smallest absolute Gasteiger partial charge is 0.106 e. The molecule has 2 nitrogen and oxygen atoms in total. The van der Waals surface area contributed by atoms with E-state index >= 15 is 0 Å². The lowest BCUT2D eigenvalue weighted by atomic mass is 9.98. The quantitative estimate of drug-likeness (QED) is 0.884. The molecular formula is C13H17NOS. The SMILES string of the molecule is Cc1oc(C)c(C(N)Cc2ccsc2)c1C. The average molecular weight is 235 g/mol.